The summed E-state index contributed by atoms with van der Waals surface area (Å²) >= 11 is 6.24. The smallest absolute Gasteiger partial charge is 0.244 e. The molecule has 1 atom stereocenters. The number of likely N-dealkylation sites (N-methyl/N-ethyl adjacent to an activating group) is 1. The van der Waals surface area contributed by atoms with Crippen molar-refractivity contribution in [2.45, 2.75) is 32.9 Å². The van der Waals surface area contributed by atoms with Crippen molar-refractivity contribution >= 4 is 39.1 Å². The maximum Gasteiger partial charge on any atom is 0.244 e. The molecule has 0 aliphatic rings. The van der Waals surface area contributed by atoms with Gasteiger partial charge in [-0.2, -0.15) is 0 Å². The largest absolute Gasteiger partial charge is 0.355 e. The van der Waals surface area contributed by atoms with Crippen molar-refractivity contribution in [3.8, 4) is 0 Å². The third-order valence-corrected chi connectivity index (χ3v) is 7.59. The van der Waals surface area contributed by atoms with Gasteiger partial charge in [-0.15, -0.1) is 0 Å². The minimum absolute atomic E-state index is 0.155. The Morgan fingerprint density at radius 1 is 1.03 bits per heavy atom. The van der Waals surface area contributed by atoms with E-state index in [1.54, 1.807) is 32.0 Å². The Labute approximate surface area is 228 Å². The summed E-state index contributed by atoms with van der Waals surface area (Å²) in [6, 6.07) is 18.8. The van der Waals surface area contributed by atoms with Crippen molar-refractivity contribution in [3.63, 3.8) is 0 Å². The van der Waals surface area contributed by atoms with Crippen molar-refractivity contribution < 1.29 is 22.4 Å². The molecule has 202 valence electrons. The van der Waals surface area contributed by atoms with Crippen molar-refractivity contribution in [1.29, 1.82) is 0 Å². The van der Waals surface area contributed by atoms with Crippen LogP contribution < -0.4 is 9.62 Å². The quantitative estimate of drug-likeness (QED) is 0.379. The van der Waals surface area contributed by atoms with Crippen molar-refractivity contribution in [2.24, 2.45) is 0 Å². The molecule has 0 aliphatic heterocycles. The molecule has 0 spiro atoms. The number of carbonyl (C=O) groups is 2. The Balaban J connectivity index is 2.06. The van der Waals surface area contributed by atoms with E-state index >= 15 is 0 Å². The SMILES string of the molecule is CCNC(=O)[C@H](Cc1ccccc1)N(Cc1ccccc1F)C(=O)CN(c1ccc(C)c(Cl)c1)S(C)(=O)=O. The van der Waals surface area contributed by atoms with Gasteiger partial charge in [0.15, 0.2) is 0 Å². The van der Waals surface area contributed by atoms with E-state index in [0.29, 0.717) is 11.6 Å². The summed E-state index contributed by atoms with van der Waals surface area (Å²) in [4.78, 5) is 28.4. The predicted molar refractivity (Wildman–Crippen MR) is 148 cm³/mol. The fourth-order valence-electron chi connectivity index (χ4n) is 4.01. The molecule has 3 aromatic carbocycles. The highest BCUT2D eigenvalue weighted by molar-refractivity contribution is 7.92. The molecule has 7 nitrogen and oxygen atoms in total. The third kappa shape index (κ3) is 7.55. The molecule has 0 heterocycles. The first-order chi connectivity index (χ1) is 18.0. The van der Waals surface area contributed by atoms with Crippen LogP contribution in [0.2, 0.25) is 5.02 Å². The van der Waals surface area contributed by atoms with Gasteiger partial charge < -0.3 is 10.2 Å². The van der Waals surface area contributed by atoms with Gasteiger partial charge in [-0.25, -0.2) is 12.8 Å². The Morgan fingerprint density at radius 3 is 2.29 bits per heavy atom. The number of rotatable bonds is 11. The first kappa shape index (κ1) is 29.1. The van der Waals surface area contributed by atoms with Crippen LogP contribution in [0.15, 0.2) is 72.8 Å². The molecular weight excluding hydrogens is 529 g/mol. The molecule has 0 bridgehead atoms. The van der Waals surface area contributed by atoms with Crippen LogP contribution in [0, 0.1) is 12.7 Å². The summed E-state index contributed by atoms with van der Waals surface area (Å²) < 4.78 is 41.2. The average Bonchev–Trinajstić information content (AvgIpc) is 2.87. The lowest BCUT2D eigenvalue weighted by Gasteiger charge is -2.33. The highest BCUT2D eigenvalue weighted by atomic mass is 35.5. The second-order valence-electron chi connectivity index (χ2n) is 8.92. The van der Waals surface area contributed by atoms with E-state index < -0.39 is 40.2 Å². The van der Waals surface area contributed by atoms with Gasteiger partial charge in [0.05, 0.1) is 11.9 Å². The van der Waals surface area contributed by atoms with E-state index in [0.717, 1.165) is 21.7 Å². The number of carbonyl (C=O) groups excluding carboxylic acids is 2. The van der Waals surface area contributed by atoms with E-state index in [9.17, 15) is 22.4 Å². The molecule has 10 heteroatoms. The van der Waals surface area contributed by atoms with E-state index in [-0.39, 0.29) is 24.2 Å². The molecule has 0 radical (unpaired) electrons. The van der Waals surface area contributed by atoms with Gasteiger partial charge in [-0.1, -0.05) is 66.2 Å². The lowest BCUT2D eigenvalue weighted by Crippen LogP contribution is -2.53. The highest BCUT2D eigenvalue weighted by Gasteiger charge is 2.33. The van der Waals surface area contributed by atoms with E-state index in [4.69, 9.17) is 11.6 Å². The summed E-state index contributed by atoms with van der Waals surface area (Å²) in [7, 11) is -3.92. The summed E-state index contributed by atoms with van der Waals surface area (Å²) in [6.45, 7) is 3.03. The minimum atomic E-state index is -3.92. The number of anilines is 1. The number of amides is 2. The van der Waals surface area contributed by atoms with Gasteiger partial charge in [0, 0.05) is 30.1 Å². The molecule has 2 amide bonds. The van der Waals surface area contributed by atoms with Crippen LogP contribution >= 0.6 is 11.6 Å². The number of hydrogen-bond acceptors (Lipinski definition) is 4. The Bertz CT molecular complexity index is 1390. The molecule has 0 aromatic heterocycles. The number of halogens is 2. The Morgan fingerprint density at radius 2 is 1.68 bits per heavy atom. The molecule has 3 rings (SSSR count). The van der Waals surface area contributed by atoms with Crippen LogP contribution in [0.25, 0.3) is 0 Å². The minimum Gasteiger partial charge on any atom is -0.355 e. The van der Waals surface area contributed by atoms with Crippen molar-refractivity contribution in [1.82, 2.24) is 10.2 Å². The Kier molecular flexibility index (Phi) is 9.88. The summed E-state index contributed by atoms with van der Waals surface area (Å²) in [5.41, 5.74) is 1.95. The predicted octanol–water partition coefficient (Wildman–Crippen LogP) is 4.33. The first-order valence-electron chi connectivity index (χ1n) is 12.1. The summed E-state index contributed by atoms with van der Waals surface area (Å²) in [5.74, 6) is -1.63. The van der Waals surface area contributed by atoms with Crippen LogP contribution in [-0.4, -0.2) is 50.5 Å². The third-order valence-electron chi connectivity index (χ3n) is 6.04. The van der Waals surface area contributed by atoms with Crippen LogP contribution in [0.5, 0.6) is 0 Å². The van der Waals surface area contributed by atoms with E-state index in [1.165, 1.54) is 29.2 Å². The van der Waals surface area contributed by atoms with Crippen molar-refractivity contribution in [3.05, 3.63) is 100 Å². The van der Waals surface area contributed by atoms with Gasteiger partial charge >= 0.3 is 0 Å². The van der Waals surface area contributed by atoms with Crippen LogP contribution in [0.3, 0.4) is 0 Å². The van der Waals surface area contributed by atoms with Gasteiger partial charge in [-0.3, -0.25) is 13.9 Å². The molecule has 0 fully saturated rings. The molecular formula is C28H31ClFN3O4S. The van der Waals surface area contributed by atoms with E-state index in [2.05, 4.69) is 5.32 Å². The second kappa shape index (κ2) is 12.9. The monoisotopic (exact) mass is 559 g/mol. The molecule has 1 N–H and O–H groups in total. The Hall–Kier alpha value is -3.43. The molecule has 3 aromatic rings. The summed E-state index contributed by atoms with van der Waals surface area (Å²) in [5, 5.41) is 3.10. The zero-order valence-corrected chi connectivity index (χ0v) is 23.1. The summed E-state index contributed by atoms with van der Waals surface area (Å²) in [6.07, 6.45) is 1.14. The highest BCUT2D eigenvalue weighted by Crippen LogP contribution is 2.26. The average molecular weight is 560 g/mol. The normalized spacial score (nSPS) is 12.0. The van der Waals surface area contributed by atoms with Crippen LogP contribution in [0.4, 0.5) is 10.1 Å². The molecule has 0 unspecified atom stereocenters. The molecule has 0 aliphatic carbocycles. The van der Waals surface area contributed by atoms with Crippen LogP contribution in [0.1, 0.15) is 23.6 Å². The number of nitrogens with one attached hydrogen (secondary N) is 1. The molecule has 0 saturated carbocycles. The second-order valence-corrected chi connectivity index (χ2v) is 11.2. The molecule has 0 saturated heterocycles. The maximum atomic E-state index is 14.7. The van der Waals surface area contributed by atoms with Gasteiger partial charge in [0.1, 0.15) is 18.4 Å². The van der Waals surface area contributed by atoms with Crippen molar-refractivity contribution in [2.75, 3.05) is 23.7 Å². The number of nitrogens with zero attached hydrogens (tertiary/aromatic N) is 2. The van der Waals surface area contributed by atoms with Gasteiger partial charge in [0.25, 0.3) is 0 Å². The number of benzene rings is 3. The lowest BCUT2D eigenvalue weighted by molar-refractivity contribution is -0.140. The van der Waals surface area contributed by atoms with Gasteiger partial charge in [0.2, 0.25) is 21.8 Å². The lowest BCUT2D eigenvalue weighted by atomic mass is 10.0. The fraction of sp³-hybridized carbons (Fsp3) is 0.286. The maximum absolute atomic E-state index is 14.7. The van der Waals surface area contributed by atoms with Gasteiger partial charge in [-0.05, 0) is 43.2 Å². The topological polar surface area (TPSA) is 86.8 Å². The van der Waals surface area contributed by atoms with E-state index in [1.807, 2.05) is 30.3 Å². The number of sulfonamides is 1. The standard InChI is InChI=1S/C28H31ClFN3O4S/c1-4-31-28(35)26(16-21-10-6-5-7-11-21)32(18-22-12-8-9-13-25(22)30)27(34)19-33(38(3,36)37)23-15-14-20(2)24(29)17-23/h5-15,17,26H,4,16,18-19H2,1-3H3,(H,31,35)/t26-/m0/s1. The number of hydrogen-bond donors (Lipinski definition) is 1. The zero-order chi connectivity index (χ0) is 27.9. The molecule has 38 heavy (non-hydrogen) atoms. The number of aryl methyl sites for hydroxylation is 1. The zero-order valence-electron chi connectivity index (χ0n) is 21.5. The fourth-order valence-corrected chi connectivity index (χ4v) is 5.02. The van der Waals surface area contributed by atoms with Crippen LogP contribution in [-0.2, 0) is 32.6 Å². The first-order valence-corrected chi connectivity index (χ1v) is 14.3.